The maximum Gasteiger partial charge on any atom is 0.285 e. The Labute approximate surface area is 113 Å². The minimum atomic E-state index is -0.795. The Morgan fingerprint density at radius 2 is 2.25 bits per heavy atom. The fourth-order valence-electron chi connectivity index (χ4n) is 1.56. The summed E-state index contributed by atoms with van der Waals surface area (Å²) in [7, 11) is 0. The number of hydrogen-bond acceptors (Lipinski definition) is 6. The first-order chi connectivity index (χ1) is 9.35. The Balaban J connectivity index is 2.50. The zero-order chi connectivity index (χ0) is 14.9. The molecule has 1 aromatic carbocycles. The second kappa shape index (κ2) is 4.97. The van der Waals surface area contributed by atoms with Crippen molar-refractivity contribution in [3.05, 3.63) is 40.0 Å². The van der Waals surface area contributed by atoms with Crippen molar-refractivity contribution in [1.82, 2.24) is 10.1 Å². The summed E-state index contributed by atoms with van der Waals surface area (Å²) in [4.78, 5) is 14.3. The number of nitrogens with zero attached hydrogens (tertiary/aromatic N) is 3. The van der Waals surface area contributed by atoms with Gasteiger partial charge in [0.1, 0.15) is 11.4 Å². The van der Waals surface area contributed by atoms with Crippen molar-refractivity contribution in [2.75, 3.05) is 0 Å². The van der Waals surface area contributed by atoms with Gasteiger partial charge in [0.05, 0.1) is 16.5 Å². The molecule has 0 aliphatic heterocycles. The monoisotopic (exact) mass is 280 g/mol. The SMILES string of the molecule is CCC(C)(N)c1noc(-c2ccc(F)cc2[N+](=O)[O-])n1. The van der Waals surface area contributed by atoms with Gasteiger partial charge in [0.25, 0.3) is 11.6 Å². The van der Waals surface area contributed by atoms with E-state index in [2.05, 4.69) is 10.1 Å². The molecule has 0 aliphatic rings. The molecule has 1 heterocycles. The van der Waals surface area contributed by atoms with Crippen molar-refractivity contribution in [2.45, 2.75) is 25.8 Å². The van der Waals surface area contributed by atoms with Gasteiger partial charge >= 0.3 is 0 Å². The summed E-state index contributed by atoms with van der Waals surface area (Å²) in [5.74, 6) is -0.525. The van der Waals surface area contributed by atoms with Crippen molar-refractivity contribution < 1.29 is 13.8 Å². The molecule has 2 rings (SSSR count). The first-order valence-electron chi connectivity index (χ1n) is 5.92. The Morgan fingerprint density at radius 1 is 1.55 bits per heavy atom. The summed E-state index contributed by atoms with van der Waals surface area (Å²) in [5, 5.41) is 14.7. The molecule has 0 saturated heterocycles. The van der Waals surface area contributed by atoms with Gasteiger partial charge in [-0.1, -0.05) is 12.1 Å². The summed E-state index contributed by atoms with van der Waals surface area (Å²) >= 11 is 0. The summed E-state index contributed by atoms with van der Waals surface area (Å²) in [6.45, 7) is 3.58. The smallest absolute Gasteiger partial charge is 0.285 e. The molecule has 0 spiro atoms. The summed E-state index contributed by atoms with van der Waals surface area (Å²) in [6.07, 6.45) is 0.567. The van der Waals surface area contributed by atoms with Crippen LogP contribution in [0.5, 0.6) is 0 Å². The van der Waals surface area contributed by atoms with Crippen LogP contribution in [0.2, 0.25) is 0 Å². The molecule has 0 radical (unpaired) electrons. The van der Waals surface area contributed by atoms with Crippen molar-refractivity contribution in [1.29, 1.82) is 0 Å². The van der Waals surface area contributed by atoms with E-state index in [4.69, 9.17) is 10.3 Å². The molecule has 8 heteroatoms. The Hall–Kier alpha value is -2.35. The highest BCUT2D eigenvalue weighted by molar-refractivity contribution is 5.66. The van der Waals surface area contributed by atoms with E-state index in [-0.39, 0.29) is 17.3 Å². The van der Waals surface area contributed by atoms with Crippen molar-refractivity contribution in [3.8, 4) is 11.5 Å². The lowest BCUT2D eigenvalue weighted by molar-refractivity contribution is -0.384. The van der Waals surface area contributed by atoms with Gasteiger partial charge in [-0.05, 0) is 25.5 Å². The van der Waals surface area contributed by atoms with Gasteiger partial charge < -0.3 is 10.3 Å². The van der Waals surface area contributed by atoms with E-state index in [1.165, 1.54) is 6.07 Å². The second-order valence-corrected chi connectivity index (χ2v) is 4.61. The van der Waals surface area contributed by atoms with E-state index >= 15 is 0 Å². The van der Waals surface area contributed by atoms with Gasteiger partial charge in [-0.2, -0.15) is 4.98 Å². The molecule has 1 unspecified atom stereocenters. The zero-order valence-corrected chi connectivity index (χ0v) is 11.0. The average molecular weight is 280 g/mol. The van der Waals surface area contributed by atoms with Crippen LogP contribution in [0.15, 0.2) is 22.7 Å². The van der Waals surface area contributed by atoms with Gasteiger partial charge in [0.2, 0.25) is 0 Å². The molecule has 7 nitrogen and oxygen atoms in total. The minimum Gasteiger partial charge on any atom is -0.334 e. The van der Waals surface area contributed by atoms with Gasteiger partial charge in [0, 0.05) is 0 Å². The maximum absolute atomic E-state index is 13.1. The molecule has 0 amide bonds. The molecule has 2 aromatic rings. The fourth-order valence-corrected chi connectivity index (χ4v) is 1.56. The van der Waals surface area contributed by atoms with E-state index < -0.39 is 22.0 Å². The van der Waals surface area contributed by atoms with Crippen LogP contribution in [0.25, 0.3) is 11.5 Å². The number of halogens is 1. The Bertz CT molecular complexity index is 654. The van der Waals surface area contributed by atoms with Crippen LogP contribution in [0.4, 0.5) is 10.1 Å². The number of aromatic nitrogens is 2. The molecular formula is C12H13FN4O3. The number of hydrogen-bond donors (Lipinski definition) is 1. The second-order valence-electron chi connectivity index (χ2n) is 4.61. The molecule has 0 fully saturated rings. The third-order valence-electron chi connectivity index (χ3n) is 3.06. The number of rotatable bonds is 4. The van der Waals surface area contributed by atoms with Crippen LogP contribution >= 0.6 is 0 Å². The molecule has 0 saturated carbocycles. The lowest BCUT2D eigenvalue weighted by Crippen LogP contribution is -2.33. The molecule has 20 heavy (non-hydrogen) atoms. The number of benzene rings is 1. The predicted molar refractivity (Wildman–Crippen MR) is 68.2 cm³/mol. The normalized spacial score (nSPS) is 14.0. The maximum atomic E-state index is 13.1. The fraction of sp³-hybridized carbons (Fsp3) is 0.333. The van der Waals surface area contributed by atoms with Gasteiger partial charge in [-0.15, -0.1) is 0 Å². The highest BCUT2D eigenvalue weighted by atomic mass is 19.1. The minimum absolute atomic E-state index is 0.0575. The molecule has 2 N–H and O–H groups in total. The van der Waals surface area contributed by atoms with E-state index in [0.717, 1.165) is 12.1 Å². The summed E-state index contributed by atoms with van der Waals surface area (Å²) < 4.78 is 18.1. The van der Waals surface area contributed by atoms with E-state index in [9.17, 15) is 14.5 Å². The number of nitro benzene ring substituents is 1. The highest BCUT2D eigenvalue weighted by Gasteiger charge is 2.28. The molecule has 0 bridgehead atoms. The number of nitro groups is 1. The topological polar surface area (TPSA) is 108 Å². The van der Waals surface area contributed by atoms with Gasteiger partial charge in [0.15, 0.2) is 5.82 Å². The summed E-state index contributed by atoms with van der Waals surface area (Å²) in [5.41, 5.74) is 4.80. The van der Waals surface area contributed by atoms with Crippen molar-refractivity contribution in [3.63, 3.8) is 0 Å². The first kappa shape index (κ1) is 14.1. The van der Waals surface area contributed by atoms with Crippen LogP contribution in [0.3, 0.4) is 0 Å². The van der Waals surface area contributed by atoms with E-state index in [1.54, 1.807) is 6.92 Å². The molecule has 1 atom stereocenters. The van der Waals surface area contributed by atoms with Crippen molar-refractivity contribution in [2.24, 2.45) is 5.73 Å². The molecule has 106 valence electrons. The lowest BCUT2D eigenvalue weighted by atomic mass is 10.00. The van der Waals surface area contributed by atoms with E-state index in [1.807, 2.05) is 6.92 Å². The first-order valence-corrected chi connectivity index (χ1v) is 5.92. The van der Waals surface area contributed by atoms with Crippen LogP contribution < -0.4 is 5.73 Å². The predicted octanol–water partition coefficient (Wildman–Crippen LogP) is 2.37. The lowest BCUT2D eigenvalue weighted by Gasteiger charge is -2.16. The largest absolute Gasteiger partial charge is 0.334 e. The Morgan fingerprint density at radius 3 is 2.85 bits per heavy atom. The molecular weight excluding hydrogens is 267 g/mol. The quantitative estimate of drug-likeness (QED) is 0.680. The van der Waals surface area contributed by atoms with Crippen LogP contribution in [-0.4, -0.2) is 15.1 Å². The Kier molecular flexibility index (Phi) is 3.49. The van der Waals surface area contributed by atoms with E-state index in [0.29, 0.717) is 6.42 Å². The zero-order valence-electron chi connectivity index (χ0n) is 11.0. The van der Waals surface area contributed by atoms with Crippen LogP contribution in [-0.2, 0) is 5.54 Å². The highest BCUT2D eigenvalue weighted by Crippen LogP contribution is 2.30. The van der Waals surface area contributed by atoms with Crippen molar-refractivity contribution >= 4 is 5.69 Å². The average Bonchev–Trinajstić information content (AvgIpc) is 2.88. The van der Waals surface area contributed by atoms with Gasteiger partial charge in [-0.25, -0.2) is 4.39 Å². The third kappa shape index (κ3) is 2.50. The number of nitrogens with two attached hydrogens (primary N) is 1. The van der Waals surface area contributed by atoms with Crippen LogP contribution in [0, 0.1) is 15.9 Å². The molecule has 0 aliphatic carbocycles. The van der Waals surface area contributed by atoms with Gasteiger partial charge in [-0.3, -0.25) is 10.1 Å². The molecule has 1 aromatic heterocycles. The third-order valence-corrected chi connectivity index (χ3v) is 3.06. The summed E-state index contributed by atoms with van der Waals surface area (Å²) in [6, 6.07) is 3.12. The standard InChI is InChI=1S/C12H13FN4O3/c1-3-12(2,14)11-15-10(20-16-11)8-5-4-7(13)6-9(8)17(18)19/h4-6H,3,14H2,1-2H3. The van der Waals surface area contributed by atoms with Crippen LogP contribution in [0.1, 0.15) is 26.1 Å².